The number of carbonyl (C=O) groups is 1. The van der Waals surface area contributed by atoms with Crippen molar-refractivity contribution in [3.63, 3.8) is 0 Å². The Labute approximate surface area is 131 Å². The second kappa shape index (κ2) is 6.39. The monoisotopic (exact) mass is 303 g/mol. The van der Waals surface area contributed by atoms with E-state index in [4.69, 9.17) is 9.84 Å². The molecule has 22 heavy (non-hydrogen) atoms. The molecule has 0 amide bonds. The van der Waals surface area contributed by atoms with Crippen LogP contribution in [0, 0.1) is 5.41 Å². The number of carboxylic acids is 1. The first-order valence-corrected chi connectivity index (χ1v) is 8.33. The molecular weight excluding hydrogens is 278 g/mol. The molecule has 1 spiro atoms. The van der Waals surface area contributed by atoms with Crippen molar-refractivity contribution in [2.45, 2.75) is 57.7 Å². The Kier molecular flexibility index (Phi) is 4.50. The summed E-state index contributed by atoms with van der Waals surface area (Å²) in [5.74, 6) is -0.867. The second-order valence-electron chi connectivity index (χ2n) is 6.56. The highest BCUT2D eigenvalue weighted by molar-refractivity contribution is 5.87. The maximum Gasteiger partial charge on any atom is 0.335 e. The first-order chi connectivity index (χ1) is 10.7. The second-order valence-corrected chi connectivity index (χ2v) is 6.56. The summed E-state index contributed by atoms with van der Waals surface area (Å²) >= 11 is 0. The van der Waals surface area contributed by atoms with E-state index in [1.807, 2.05) is 12.1 Å². The van der Waals surface area contributed by atoms with Crippen molar-refractivity contribution in [2.75, 3.05) is 6.61 Å². The summed E-state index contributed by atoms with van der Waals surface area (Å²) in [6, 6.07) is 7.70. The lowest BCUT2D eigenvalue weighted by atomic mass is 9.60. The molecule has 4 nitrogen and oxygen atoms in total. The lowest BCUT2D eigenvalue weighted by molar-refractivity contribution is -0.130. The first kappa shape index (κ1) is 15.5. The molecular formula is C18H25NO3. The van der Waals surface area contributed by atoms with Gasteiger partial charge in [-0.15, -0.1) is 0 Å². The summed E-state index contributed by atoms with van der Waals surface area (Å²) in [7, 11) is 0. The molecule has 2 N–H and O–H groups in total. The van der Waals surface area contributed by atoms with Crippen LogP contribution >= 0.6 is 0 Å². The molecule has 2 saturated carbocycles. The Balaban J connectivity index is 1.62. The zero-order valence-corrected chi connectivity index (χ0v) is 13.2. The molecule has 2 aliphatic carbocycles. The quantitative estimate of drug-likeness (QED) is 0.847. The third kappa shape index (κ3) is 2.77. The molecule has 4 heteroatoms. The summed E-state index contributed by atoms with van der Waals surface area (Å²) in [5.41, 5.74) is 1.71. The number of hydrogen-bond donors (Lipinski definition) is 2. The van der Waals surface area contributed by atoms with E-state index in [-0.39, 0.29) is 0 Å². The first-order valence-electron chi connectivity index (χ1n) is 8.33. The highest BCUT2D eigenvalue weighted by atomic mass is 16.5. The predicted molar refractivity (Wildman–Crippen MR) is 85.0 cm³/mol. The zero-order chi connectivity index (χ0) is 15.6. The van der Waals surface area contributed by atoms with Crippen molar-refractivity contribution in [3.05, 3.63) is 35.4 Å². The van der Waals surface area contributed by atoms with E-state index in [1.165, 1.54) is 25.7 Å². The maximum absolute atomic E-state index is 11.0. The van der Waals surface area contributed by atoms with E-state index in [9.17, 15) is 4.79 Å². The van der Waals surface area contributed by atoms with Gasteiger partial charge in [0.05, 0.1) is 11.7 Å². The summed E-state index contributed by atoms with van der Waals surface area (Å²) in [6.45, 7) is 3.59. The average molecular weight is 303 g/mol. The molecule has 3 rings (SSSR count). The molecule has 0 aromatic heterocycles. The predicted octanol–water partition coefficient (Wildman–Crippen LogP) is 3.21. The van der Waals surface area contributed by atoms with Crippen molar-refractivity contribution in [1.29, 1.82) is 0 Å². The van der Waals surface area contributed by atoms with Crippen LogP contribution in [-0.4, -0.2) is 29.8 Å². The number of ether oxygens (including phenoxy) is 1. The van der Waals surface area contributed by atoms with Crippen LogP contribution < -0.4 is 5.32 Å². The largest absolute Gasteiger partial charge is 0.478 e. The van der Waals surface area contributed by atoms with Gasteiger partial charge in [-0.2, -0.15) is 0 Å². The summed E-state index contributed by atoms with van der Waals surface area (Å²) in [6.07, 6.45) is 6.59. The Morgan fingerprint density at radius 3 is 2.86 bits per heavy atom. The van der Waals surface area contributed by atoms with Crippen molar-refractivity contribution in [1.82, 2.24) is 5.32 Å². The van der Waals surface area contributed by atoms with Crippen molar-refractivity contribution >= 4 is 5.97 Å². The molecule has 2 fully saturated rings. The van der Waals surface area contributed by atoms with Crippen LogP contribution in [0.4, 0.5) is 0 Å². The van der Waals surface area contributed by atoms with Gasteiger partial charge >= 0.3 is 5.97 Å². The molecule has 1 aromatic rings. The van der Waals surface area contributed by atoms with E-state index >= 15 is 0 Å². The molecule has 0 saturated heterocycles. The molecule has 2 aliphatic rings. The average Bonchev–Trinajstić information content (AvgIpc) is 3.03. The topological polar surface area (TPSA) is 58.6 Å². The zero-order valence-electron chi connectivity index (χ0n) is 13.2. The van der Waals surface area contributed by atoms with Gasteiger partial charge in [-0.25, -0.2) is 4.79 Å². The molecule has 0 radical (unpaired) electrons. The third-order valence-corrected chi connectivity index (χ3v) is 5.41. The van der Waals surface area contributed by atoms with Gasteiger partial charge in [-0.05, 0) is 43.9 Å². The lowest BCUT2D eigenvalue weighted by Crippen LogP contribution is -2.62. The van der Waals surface area contributed by atoms with Crippen LogP contribution in [0.25, 0.3) is 0 Å². The standard InChI is InChI=1S/C18H25NO3/c1-2-22-16-11-15(18(16)8-3-4-9-18)19-12-13-6-5-7-14(10-13)17(20)21/h5-7,10,15-16,19H,2-4,8-9,11-12H2,1H3,(H,20,21). The van der Waals surface area contributed by atoms with Gasteiger partial charge in [-0.3, -0.25) is 0 Å². The fourth-order valence-electron chi connectivity index (χ4n) is 4.23. The van der Waals surface area contributed by atoms with Gasteiger partial charge in [0.1, 0.15) is 0 Å². The van der Waals surface area contributed by atoms with E-state index in [0.29, 0.717) is 23.1 Å². The lowest BCUT2D eigenvalue weighted by Gasteiger charge is -2.54. The van der Waals surface area contributed by atoms with Gasteiger partial charge in [0.15, 0.2) is 0 Å². The van der Waals surface area contributed by atoms with Gasteiger partial charge < -0.3 is 15.2 Å². The number of benzene rings is 1. The van der Waals surface area contributed by atoms with E-state index in [2.05, 4.69) is 12.2 Å². The Bertz CT molecular complexity index is 537. The molecule has 2 atom stereocenters. The number of carboxylic acid groups (broad SMARTS) is 1. The van der Waals surface area contributed by atoms with Crippen LogP contribution in [0.3, 0.4) is 0 Å². The fraction of sp³-hybridized carbons (Fsp3) is 0.611. The number of hydrogen-bond acceptors (Lipinski definition) is 3. The normalized spacial score (nSPS) is 26.0. The number of aromatic carboxylic acids is 1. The Hall–Kier alpha value is -1.39. The van der Waals surface area contributed by atoms with Crippen molar-refractivity contribution < 1.29 is 14.6 Å². The van der Waals surface area contributed by atoms with Gasteiger partial charge in [-0.1, -0.05) is 25.0 Å². The summed E-state index contributed by atoms with van der Waals surface area (Å²) < 4.78 is 5.93. The number of nitrogens with one attached hydrogen (secondary N) is 1. The van der Waals surface area contributed by atoms with E-state index in [1.54, 1.807) is 12.1 Å². The molecule has 120 valence electrons. The van der Waals surface area contributed by atoms with Crippen LogP contribution in [0.15, 0.2) is 24.3 Å². The smallest absolute Gasteiger partial charge is 0.335 e. The van der Waals surface area contributed by atoms with Crippen LogP contribution in [0.5, 0.6) is 0 Å². The third-order valence-electron chi connectivity index (χ3n) is 5.41. The minimum absolute atomic E-state index is 0.320. The Morgan fingerprint density at radius 2 is 2.18 bits per heavy atom. The van der Waals surface area contributed by atoms with E-state index < -0.39 is 5.97 Å². The van der Waals surface area contributed by atoms with Crippen LogP contribution in [0.2, 0.25) is 0 Å². The SMILES string of the molecule is CCOC1CC(NCc2cccc(C(=O)O)c2)C12CCCC2. The summed E-state index contributed by atoms with van der Waals surface area (Å²) in [4.78, 5) is 11.0. The minimum atomic E-state index is -0.867. The van der Waals surface area contributed by atoms with Gasteiger partial charge in [0.2, 0.25) is 0 Å². The van der Waals surface area contributed by atoms with Crippen LogP contribution in [0.1, 0.15) is 54.9 Å². The highest BCUT2D eigenvalue weighted by Gasteiger charge is 2.56. The molecule has 0 bridgehead atoms. The van der Waals surface area contributed by atoms with E-state index in [0.717, 1.165) is 25.1 Å². The van der Waals surface area contributed by atoms with Crippen molar-refractivity contribution in [2.24, 2.45) is 5.41 Å². The summed E-state index contributed by atoms with van der Waals surface area (Å²) in [5, 5.41) is 12.7. The fourth-order valence-corrected chi connectivity index (χ4v) is 4.23. The molecule has 0 heterocycles. The van der Waals surface area contributed by atoms with Crippen molar-refractivity contribution in [3.8, 4) is 0 Å². The number of rotatable bonds is 6. The highest BCUT2D eigenvalue weighted by Crippen LogP contribution is 2.54. The maximum atomic E-state index is 11.0. The molecule has 0 aliphatic heterocycles. The van der Waals surface area contributed by atoms with Crippen LogP contribution in [-0.2, 0) is 11.3 Å². The van der Waals surface area contributed by atoms with Gasteiger partial charge in [0.25, 0.3) is 0 Å². The minimum Gasteiger partial charge on any atom is -0.478 e. The molecule has 1 aromatic carbocycles. The molecule has 2 unspecified atom stereocenters. The Morgan fingerprint density at radius 1 is 1.41 bits per heavy atom. The van der Waals surface area contributed by atoms with Gasteiger partial charge in [0, 0.05) is 24.6 Å².